The average Bonchev–Trinajstić information content (AvgIpc) is 2.84. The third-order valence-electron chi connectivity index (χ3n) is 6.21. The zero-order valence-corrected chi connectivity index (χ0v) is 24.0. The van der Waals surface area contributed by atoms with Crippen LogP contribution in [0.15, 0.2) is 30.3 Å². The number of β-lactam (4-membered cyclic amide) rings is 1. The van der Waals surface area contributed by atoms with E-state index >= 15 is 0 Å². The van der Waals surface area contributed by atoms with Crippen LogP contribution in [-0.4, -0.2) is 75.0 Å². The van der Waals surface area contributed by atoms with Crippen molar-refractivity contribution in [3.8, 4) is 0 Å². The minimum atomic E-state index is -1.73. The van der Waals surface area contributed by atoms with Gasteiger partial charge in [-0.2, -0.15) is 0 Å². The lowest BCUT2D eigenvalue weighted by molar-refractivity contribution is -0.161. The van der Waals surface area contributed by atoms with Gasteiger partial charge in [0.2, 0.25) is 15.6 Å². The Kier molecular flexibility index (Phi) is 9.20. The van der Waals surface area contributed by atoms with Gasteiger partial charge in [-0.25, -0.2) is 4.79 Å². The first-order valence-electron chi connectivity index (χ1n) is 11.7. The second-order valence-electron chi connectivity index (χ2n) is 9.87. The summed E-state index contributed by atoms with van der Waals surface area (Å²) in [6.07, 6.45) is -0.0681. The van der Waals surface area contributed by atoms with E-state index in [4.69, 9.17) is 44.3 Å². The number of hydrogen-bond donors (Lipinski definition) is 1. The molecule has 0 spiro atoms. The molecule has 3 rings (SSSR count). The third-order valence-corrected chi connectivity index (χ3v) is 8.21. The van der Waals surface area contributed by atoms with Crippen LogP contribution < -0.4 is 10.2 Å². The average molecular weight is 595 g/mol. The van der Waals surface area contributed by atoms with Gasteiger partial charge in [-0.3, -0.25) is 19.3 Å². The molecule has 2 unspecified atom stereocenters. The van der Waals surface area contributed by atoms with Gasteiger partial charge < -0.3 is 19.7 Å². The molecule has 2 fully saturated rings. The number of hydrogen-bond acceptors (Lipinski definition) is 7. The third kappa shape index (κ3) is 7.37. The van der Waals surface area contributed by atoms with E-state index in [1.165, 1.54) is 21.6 Å². The Bertz CT molecular complexity index is 1040. The number of para-hydroxylation sites is 1. The van der Waals surface area contributed by atoms with Crippen LogP contribution in [0.2, 0.25) is 0 Å². The normalized spacial score (nSPS) is 23.4. The number of carbonyl (C=O) groups is 4. The first kappa shape index (κ1) is 29.7. The quantitative estimate of drug-likeness (QED) is 0.274. The molecule has 1 aromatic carbocycles. The van der Waals surface area contributed by atoms with E-state index in [2.05, 4.69) is 5.32 Å². The van der Waals surface area contributed by atoms with Crippen LogP contribution in [-0.2, 0) is 23.9 Å². The number of nitrogens with one attached hydrogen (secondary N) is 1. The Balaban J connectivity index is 1.62. The van der Waals surface area contributed by atoms with E-state index < -0.39 is 45.4 Å². The number of ether oxygens (including phenoxy) is 2. The molecule has 3 amide bonds. The second kappa shape index (κ2) is 11.5. The molecule has 0 radical (unpaired) electrons. The lowest BCUT2D eigenvalue weighted by atomic mass is 9.89. The molecule has 0 aliphatic carbocycles. The lowest BCUT2D eigenvalue weighted by Crippen LogP contribution is -2.73. The van der Waals surface area contributed by atoms with E-state index in [0.29, 0.717) is 17.9 Å². The summed E-state index contributed by atoms with van der Waals surface area (Å²) in [4.78, 5) is 54.1. The van der Waals surface area contributed by atoms with Crippen molar-refractivity contribution in [1.82, 2.24) is 10.2 Å². The van der Waals surface area contributed by atoms with Crippen molar-refractivity contribution in [1.29, 1.82) is 0 Å². The molecule has 204 valence electrons. The Hall–Kier alpha value is -1.88. The van der Waals surface area contributed by atoms with E-state index in [-0.39, 0.29) is 24.4 Å². The van der Waals surface area contributed by atoms with Crippen LogP contribution >= 0.6 is 46.6 Å². The number of thioether (sulfide) groups is 1. The zero-order chi connectivity index (χ0) is 27.6. The van der Waals surface area contributed by atoms with E-state index in [1.54, 1.807) is 51.1 Å². The summed E-state index contributed by atoms with van der Waals surface area (Å²) >= 11 is 18.3. The number of alkyl halides is 3. The summed E-state index contributed by atoms with van der Waals surface area (Å²) in [5.74, 6) is -1.06. The van der Waals surface area contributed by atoms with Gasteiger partial charge in [0.15, 0.2) is 0 Å². The summed E-state index contributed by atoms with van der Waals surface area (Å²) in [5.41, 5.74) is -1.20. The summed E-state index contributed by atoms with van der Waals surface area (Å²) < 4.78 is 9.00. The van der Waals surface area contributed by atoms with E-state index in [9.17, 15) is 19.2 Å². The van der Waals surface area contributed by atoms with E-state index in [0.717, 1.165) is 0 Å². The zero-order valence-electron chi connectivity index (χ0n) is 21.0. The molecule has 37 heavy (non-hydrogen) atoms. The van der Waals surface area contributed by atoms with Crippen LogP contribution in [0.25, 0.3) is 0 Å². The maximum absolute atomic E-state index is 13.0. The summed E-state index contributed by atoms with van der Waals surface area (Å²) in [5, 5.41) is 2.38. The van der Waals surface area contributed by atoms with Crippen molar-refractivity contribution in [2.75, 3.05) is 30.3 Å². The Morgan fingerprint density at radius 1 is 1.22 bits per heavy atom. The molecule has 1 N–H and O–H groups in total. The fourth-order valence-electron chi connectivity index (χ4n) is 3.74. The van der Waals surface area contributed by atoms with Crippen LogP contribution in [0.3, 0.4) is 0 Å². The predicted octanol–water partition coefficient (Wildman–Crippen LogP) is 4.14. The fourth-order valence-corrected chi connectivity index (χ4v) is 5.39. The number of halogens is 3. The van der Waals surface area contributed by atoms with Crippen molar-refractivity contribution >= 4 is 76.1 Å². The van der Waals surface area contributed by atoms with Crippen molar-refractivity contribution in [3.05, 3.63) is 30.3 Å². The highest BCUT2D eigenvalue weighted by molar-refractivity contribution is 8.00. The molecule has 0 aromatic heterocycles. The molecular formula is C24H30Cl3N3O6S. The molecule has 2 aliphatic rings. The van der Waals surface area contributed by atoms with E-state index in [1.807, 2.05) is 6.92 Å². The van der Waals surface area contributed by atoms with Gasteiger partial charge in [-0.1, -0.05) is 59.9 Å². The number of amides is 3. The second-order valence-corrected chi connectivity index (χ2v) is 13.5. The van der Waals surface area contributed by atoms with Gasteiger partial charge in [-0.15, -0.1) is 11.8 Å². The standard InChI is InChI=1S/C24H30Cl3N3O6S/c1-5-22(2,3)36-21(34)29(15-9-7-6-8-10-15)11-16(31)28-17-18(32)30-12-23(4,14-37-19(17)30)20(33)35-13-24(25,26)27/h6-10,17,19H,5,11-14H2,1-4H3,(H,28,31)/t17?,19-,23?/m1/s1. The maximum atomic E-state index is 13.0. The first-order valence-corrected chi connectivity index (χ1v) is 13.8. The number of anilines is 1. The summed E-state index contributed by atoms with van der Waals surface area (Å²) in [6.45, 7) is 6.54. The molecule has 0 bridgehead atoms. The van der Waals surface area contributed by atoms with Gasteiger partial charge in [0.1, 0.15) is 30.2 Å². The number of carbonyl (C=O) groups excluding carboxylic acids is 4. The van der Waals surface area contributed by atoms with Crippen LogP contribution in [0.5, 0.6) is 0 Å². The van der Waals surface area contributed by atoms with Gasteiger partial charge >= 0.3 is 12.1 Å². The molecular weight excluding hydrogens is 565 g/mol. The van der Waals surface area contributed by atoms with Crippen molar-refractivity contribution in [2.24, 2.45) is 5.41 Å². The minimum Gasteiger partial charge on any atom is -0.461 e. The summed E-state index contributed by atoms with van der Waals surface area (Å²) in [6, 6.07) is 7.92. The SMILES string of the molecule is CCC(C)(C)OC(=O)N(CC(=O)NC1C(=O)N2CC(C)(C(=O)OCC(Cl)(Cl)Cl)CS[C@H]12)c1ccccc1. The largest absolute Gasteiger partial charge is 0.461 e. The molecule has 2 aliphatic heterocycles. The smallest absolute Gasteiger partial charge is 0.415 e. The number of benzene rings is 1. The molecule has 2 heterocycles. The molecule has 1 aromatic rings. The molecule has 13 heteroatoms. The van der Waals surface area contributed by atoms with Gasteiger partial charge in [0.05, 0.1) is 5.41 Å². The highest BCUT2D eigenvalue weighted by Crippen LogP contribution is 2.42. The van der Waals surface area contributed by atoms with Crippen molar-refractivity contribution < 1.29 is 28.7 Å². The van der Waals surface area contributed by atoms with Gasteiger partial charge in [0.25, 0.3) is 0 Å². The Labute approximate surface area is 235 Å². The number of rotatable bonds is 8. The predicted molar refractivity (Wildman–Crippen MR) is 144 cm³/mol. The number of nitrogens with zero attached hydrogens (tertiary/aromatic N) is 2. The number of esters is 1. The lowest BCUT2D eigenvalue weighted by Gasteiger charge is -2.53. The molecule has 3 atom stereocenters. The first-order chi connectivity index (χ1) is 17.2. The topological polar surface area (TPSA) is 105 Å². The maximum Gasteiger partial charge on any atom is 0.415 e. The van der Waals surface area contributed by atoms with Gasteiger partial charge in [-0.05, 0) is 39.3 Å². The highest BCUT2D eigenvalue weighted by Gasteiger charge is 2.56. The van der Waals surface area contributed by atoms with Gasteiger partial charge in [0, 0.05) is 18.0 Å². The molecule has 0 saturated carbocycles. The van der Waals surface area contributed by atoms with Crippen molar-refractivity contribution in [3.63, 3.8) is 0 Å². The van der Waals surface area contributed by atoms with Crippen LogP contribution in [0, 0.1) is 5.41 Å². The monoisotopic (exact) mass is 593 g/mol. The van der Waals surface area contributed by atoms with Crippen LogP contribution in [0.1, 0.15) is 34.1 Å². The number of fused-ring (bicyclic) bond motifs is 1. The highest BCUT2D eigenvalue weighted by atomic mass is 35.6. The molecule has 2 saturated heterocycles. The fraction of sp³-hybridized carbons (Fsp3) is 0.583. The Morgan fingerprint density at radius 3 is 2.46 bits per heavy atom. The molecule has 9 nitrogen and oxygen atoms in total. The van der Waals surface area contributed by atoms with Crippen molar-refractivity contribution in [2.45, 2.75) is 54.9 Å². The summed E-state index contributed by atoms with van der Waals surface area (Å²) in [7, 11) is 0. The van der Waals surface area contributed by atoms with Crippen LogP contribution in [0.4, 0.5) is 10.5 Å². The Morgan fingerprint density at radius 2 is 1.86 bits per heavy atom. The minimum absolute atomic E-state index is 0.114.